The van der Waals surface area contributed by atoms with E-state index in [0.29, 0.717) is 21.4 Å². The number of oxazole rings is 2. The Morgan fingerprint density at radius 3 is 1.26 bits per heavy atom. The first-order valence-corrected chi connectivity index (χ1v) is 18.2. The van der Waals surface area contributed by atoms with E-state index in [1.54, 1.807) is 97.1 Å². The second kappa shape index (κ2) is 13.7. The quantitative estimate of drug-likeness (QED) is 0.172. The van der Waals surface area contributed by atoms with Crippen molar-refractivity contribution in [3.05, 3.63) is 179 Å². The van der Waals surface area contributed by atoms with Gasteiger partial charge in [-0.05, 0) is 48.5 Å². The van der Waals surface area contributed by atoms with E-state index in [2.05, 4.69) is 10.6 Å². The average Bonchev–Trinajstić information content (AvgIpc) is 3.71. The van der Waals surface area contributed by atoms with Gasteiger partial charge in [0.1, 0.15) is 11.5 Å². The van der Waals surface area contributed by atoms with Crippen LogP contribution in [0.2, 0.25) is 0 Å². The zero-order chi connectivity index (χ0) is 36.4. The topological polar surface area (TPSA) is 147 Å². The highest BCUT2D eigenvalue weighted by atomic mass is 28.4. The van der Waals surface area contributed by atoms with Crippen molar-refractivity contribution in [1.82, 2.24) is 9.13 Å². The number of carbonyl (C=O) groups is 2. The maximum atomic E-state index is 13.7. The molecule has 2 N–H and O–H groups in total. The second-order valence-electron chi connectivity index (χ2n) is 11.7. The number of nitrogens with zero attached hydrogens (tertiary/aromatic N) is 2. The Morgan fingerprint density at radius 1 is 0.472 bits per heavy atom. The SMILES string of the molecule is O=C(Nc1ccccc1O[Si](Oc1ccccc1NC(=O)n1c(=O)oc2ccccc21)(c1ccccc1)c1ccccc1)n1c(=O)oc2ccccc21. The predicted octanol–water partition coefficient (Wildman–Crippen LogP) is 6.38. The van der Waals surface area contributed by atoms with Crippen LogP contribution in [0, 0.1) is 0 Å². The van der Waals surface area contributed by atoms with E-state index in [1.807, 2.05) is 60.7 Å². The summed E-state index contributed by atoms with van der Waals surface area (Å²) >= 11 is 0. The molecule has 0 aliphatic heterocycles. The molecule has 53 heavy (non-hydrogen) atoms. The minimum absolute atomic E-state index is 0.249. The fourth-order valence-corrected chi connectivity index (χ4v) is 9.11. The van der Waals surface area contributed by atoms with E-state index in [-0.39, 0.29) is 34.0 Å². The predicted molar refractivity (Wildman–Crippen MR) is 202 cm³/mol. The lowest BCUT2D eigenvalue weighted by atomic mass is 10.3. The minimum Gasteiger partial charge on any atom is -0.504 e. The Bertz CT molecular complexity index is 2550. The van der Waals surface area contributed by atoms with Crippen LogP contribution in [0.25, 0.3) is 22.2 Å². The van der Waals surface area contributed by atoms with Gasteiger partial charge in [0.05, 0.1) is 22.4 Å². The van der Waals surface area contributed by atoms with Crippen molar-refractivity contribution in [3.63, 3.8) is 0 Å². The molecule has 0 fully saturated rings. The minimum atomic E-state index is -3.91. The molecule has 13 heteroatoms. The Hall–Kier alpha value is -7.38. The third-order valence-corrected chi connectivity index (χ3v) is 11.7. The average molecular weight is 721 g/mol. The molecule has 2 amide bonds. The number of fused-ring (bicyclic) bond motifs is 2. The summed E-state index contributed by atoms with van der Waals surface area (Å²) in [6.45, 7) is 0. The standard InChI is InChI=1S/C40H28N4O8Si/c45-37(43-31-21-9-13-25-35(31)49-39(43)47)41-29-19-7-11-23-33(29)51-53(27-15-3-1-4-16-27,28-17-5-2-6-18-28)52-34-24-12-8-20-30(34)42-38(46)44-32-22-10-14-26-36(32)50-40(44)48/h1-26H,(H,41,45)(H,42,46). The Morgan fingerprint density at radius 2 is 0.830 bits per heavy atom. The molecule has 6 aromatic carbocycles. The van der Waals surface area contributed by atoms with Gasteiger partial charge in [-0.3, -0.25) is 0 Å². The Kier molecular flexibility index (Phi) is 8.50. The molecular weight excluding hydrogens is 693 g/mol. The molecule has 2 heterocycles. The zero-order valence-electron chi connectivity index (χ0n) is 27.7. The highest BCUT2D eigenvalue weighted by Gasteiger charge is 2.48. The molecule has 12 nitrogen and oxygen atoms in total. The second-order valence-corrected chi connectivity index (χ2v) is 14.5. The van der Waals surface area contributed by atoms with Crippen molar-refractivity contribution in [3.8, 4) is 11.5 Å². The van der Waals surface area contributed by atoms with Gasteiger partial charge in [0.15, 0.2) is 11.2 Å². The summed E-state index contributed by atoms with van der Waals surface area (Å²) in [5.41, 5.74) is 1.66. The number of benzene rings is 6. The summed E-state index contributed by atoms with van der Waals surface area (Å²) in [5, 5.41) is 7.03. The van der Waals surface area contributed by atoms with Crippen LogP contribution < -0.4 is 41.4 Å². The van der Waals surface area contributed by atoms with Crippen LogP contribution in [0.5, 0.6) is 11.5 Å². The van der Waals surface area contributed by atoms with Gasteiger partial charge >= 0.3 is 32.1 Å². The number of hydrogen-bond acceptors (Lipinski definition) is 8. The van der Waals surface area contributed by atoms with E-state index in [1.165, 1.54) is 0 Å². The number of para-hydroxylation sites is 8. The molecule has 0 saturated heterocycles. The Balaban J connectivity index is 1.22. The molecule has 0 saturated carbocycles. The molecule has 2 aromatic heterocycles. The molecule has 0 aliphatic carbocycles. The van der Waals surface area contributed by atoms with Crippen molar-refractivity contribution < 1.29 is 27.3 Å². The molecule has 0 atom stereocenters. The monoisotopic (exact) mass is 720 g/mol. The van der Waals surface area contributed by atoms with E-state index in [9.17, 15) is 19.2 Å². The van der Waals surface area contributed by atoms with Crippen LogP contribution in [-0.2, 0) is 0 Å². The van der Waals surface area contributed by atoms with Crippen molar-refractivity contribution in [1.29, 1.82) is 0 Å². The normalized spacial score (nSPS) is 11.3. The van der Waals surface area contributed by atoms with Crippen LogP contribution in [0.15, 0.2) is 176 Å². The van der Waals surface area contributed by atoms with Crippen molar-refractivity contribution in [2.45, 2.75) is 0 Å². The van der Waals surface area contributed by atoms with Crippen molar-refractivity contribution in [2.24, 2.45) is 0 Å². The van der Waals surface area contributed by atoms with Gasteiger partial charge in [0.25, 0.3) is 0 Å². The third kappa shape index (κ3) is 6.17. The third-order valence-electron chi connectivity index (χ3n) is 8.45. The van der Waals surface area contributed by atoms with Gasteiger partial charge < -0.3 is 28.3 Å². The fourth-order valence-electron chi connectivity index (χ4n) is 6.03. The first-order valence-electron chi connectivity index (χ1n) is 16.4. The smallest absolute Gasteiger partial charge is 0.504 e. The zero-order valence-corrected chi connectivity index (χ0v) is 28.7. The van der Waals surface area contributed by atoms with Gasteiger partial charge in [0, 0.05) is 10.4 Å². The highest BCUT2D eigenvalue weighted by molar-refractivity contribution is 6.93. The number of hydrogen-bond donors (Lipinski definition) is 2. The number of amides is 2. The summed E-state index contributed by atoms with van der Waals surface area (Å²) < 4.78 is 26.5. The largest absolute Gasteiger partial charge is 0.531 e. The summed E-state index contributed by atoms with van der Waals surface area (Å²) in [7, 11) is -3.91. The maximum Gasteiger partial charge on any atom is 0.531 e. The van der Waals surface area contributed by atoms with Crippen LogP contribution in [0.3, 0.4) is 0 Å². The summed E-state index contributed by atoms with van der Waals surface area (Å²) in [5.74, 6) is -1.18. The van der Waals surface area contributed by atoms with Gasteiger partial charge in [-0.1, -0.05) is 109 Å². The van der Waals surface area contributed by atoms with E-state index < -0.39 is 32.1 Å². The number of rotatable bonds is 8. The van der Waals surface area contributed by atoms with Crippen molar-refractivity contribution >= 4 is 64.6 Å². The lowest BCUT2D eigenvalue weighted by Gasteiger charge is -2.33. The number of anilines is 2. The molecule has 8 aromatic rings. The van der Waals surface area contributed by atoms with Gasteiger partial charge in [-0.15, -0.1) is 0 Å². The molecule has 0 aliphatic rings. The number of carbonyl (C=O) groups excluding carboxylic acids is 2. The van der Waals surface area contributed by atoms with E-state index in [4.69, 9.17) is 17.7 Å². The molecule has 260 valence electrons. The summed E-state index contributed by atoms with van der Waals surface area (Å²) in [4.78, 5) is 52.8. The summed E-state index contributed by atoms with van der Waals surface area (Å²) in [6, 6.07) is 44.1. The molecule has 0 spiro atoms. The molecule has 8 rings (SSSR count). The van der Waals surface area contributed by atoms with Crippen LogP contribution in [0.4, 0.5) is 21.0 Å². The van der Waals surface area contributed by atoms with Crippen LogP contribution >= 0.6 is 0 Å². The van der Waals surface area contributed by atoms with Gasteiger partial charge in [-0.25, -0.2) is 19.2 Å². The first kappa shape index (κ1) is 32.8. The molecular formula is C40H28N4O8Si. The van der Waals surface area contributed by atoms with Crippen LogP contribution in [-0.4, -0.2) is 29.8 Å². The fraction of sp³-hybridized carbons (Fsp3) is 0. The lowest BCUT2D eigenvalue weighted by molar-refractivity contribution is 0.251. The summed E-state index contributed by atoms with van der Waals surface area (Å²) in [6.07, 6.45) is 0. The van der Waals surface area contributed by atoms with E-state index in [0.717, 1.165) is 9.13 Å². The van der Waals surface area contributed by atoms with Gasteiger partial charge in [-0.2, -0.15) is 9.13 Å². The van der Waals surface area contributed by atoms with E-state index >= 15 is 0 Å². The highest BCUT2D eigenvalue weighted by Crippen LogP contribution is 2.32. The van der Waals surface area contributed by atoms with Crippen LogP contribution in [0.1, 0.15) is 0 Å². The molecule has 0 bridgehead atoms. The number of nitrogens with one attached hydrogen (secondary N) is 2. The maximum absolute atomic E-state index is 13.7. The number of aromatic nitrogens is 2. The van der Waals surface area contributed by atoms with Gasteiger partial charge in [0.2, 0.25) is 0 Å². The van der Waals surface area contributed by atoms with Crippen molar-refractivity contribution in [2.75, 3.05) is 10.6 Å². The first-order chi connectivity index (χ1) is 25.9. The lowest BCUT2D eigenvalue weighted by Crippen LogP contribution is -2.68. The molecule has 0 radical (unpaired) electrons. The Labute approximate surface area is 301 Å². The molecule has 0 unspecified atom stereocenters.